The van der Waals surface area contributed by atoms with Crippen molar-refractivity contribution in [3.8, 4) is 0 Å². The summed E-state index contributed by atoms with van der Waals surface area (Å²) in [5.74, 6) is -1.22. The number of hydrogen-bond acceptors (Lipinski definition) is 4. The largest absolute Gasteiger partial charge is 0.478 e. The molecule has 1 saturated heterocycles. The van der Waals surface area contributed by atoms with Crippen LogP contribution in [0.3, 0.4) is 0 Å². The lowest BCUT2D eigenvalue weighted by Gasteiger charge is -2.08. The highest BCUT2D eigenvalue weighted by Crippen LogP contribution is 2.34. The minimum atomic E-state index is -1.05. The predicted molar refractivity (Wildman–Crippen MR) is 103 cm³/mol. The van der Waals surface area contributed by atoms with E-state index in [9.17, 15) is 14.7 Å². The maximum absolute atomic E-state index is 12.4. The van der Waals surface area contributed by atoms with Crippen LogP contribution in [0.5, 0.6) is 0 Å². The highest BCUT2D eigenvalue weighted by Gasteiger charge is 2.30. The molecule has 0 aromatic heterocycles. The molecule has 3 rings (SSSR count). The molecule has 7 heteroatoms. The molecule has 0 aliphatic carbocycles. The summed E-state index contributed by atoms with van der Waals surface area (Å²) in [6, 6.07) is 14.1. The Bertz CT molecular complexity index is 924. The highest BCUT2D eigenvalue weighted by molar-refractivity contribution is 9.10. The summed E-state index contributed by atoms with van der Waals surface area (Å²) in [7, 11) is 1.62. The minimum Gasteiger partial charge on any atom is -0.478 e. The van der Waals surface area contributed by atoms with Crippen LogP contribution < -0.4 is 0 Å². The van der Waals surface area contributed by atoms with Gasteiger partial charge in [-0.1, -0.05) is 40.2 Å². The minimum absolute atomic E-state index is 0.0980. The predicted octanol–water partition coefficient (Wildman–Crippen LogP) is 4.38. The number of carboxylic acids is 1. The summed E-state index contributed by atoms with van der Waals surface area (Å²) in [6.45, 7) is 0. The summed E-state index contributed by atoms with van der Waals surface area (Å²) in [6.07, 6.45) is 1.79. The number of amides is 1. The standard InChI is InChI=1S/C18H13BrN2O3S/c1-21-16(22)15(10-11-5-4-6-12(19)9-11)25-18(21)20-14-8-3-2-7-13(14)17(23)24/h2-10H,1H3,(H,23,24)/b15-10-,20-18?. The first-order chi connectivity index (χ1) is 12.0. The van der Waals surface area contributed by atoms with E-state index in [0.29, 0.717) is 15.8 Å². The molecule has 2 aromatic carbocycles. The van der Waals surface area contributed by atoms with E-state index in [0.717, 1.165) is 10.0 Å². The zero-order valence-corrected chi connectivity index (χ0v) is 15.5. The lowest BCUT2D eigenvalue weighted by Crippen LogP contribution is -2.23. The van der Waals surface area contributed by atoms with E-state index >= 15 is 0 Å². The fourth-order valence-electron chi connectivity index (χ4n) is 2.25. The smallest absolute Gasteiger partial charge is 0.337 e. The lowest BCUT2D eigenvalue weighted by atomic mass is 10.2. The van der Waals surface area contributed by atoms with Gasteiger partial charge in [0.2, 0.25) is 0 Å². The first kappa shape index (κ1) is 17.4. The fourth-order valence-corrected chi connectivity index (χ4v) is 3.65. The van der Waals surface area contributed by atoms with Crippen molar-refractivity contribution in [3.63, 3.8) is 0 Å². The van der Waals surface area contributed by atoms with Crippen molar-refractivity contribution in [3.05, 3.63) is 69.0 Å². The fraction of sp³-hybridized carbons (Fsp3) is 0.0556. The van der Waals surface area contributed by atoms with Gasteiger partial charge in [-0.25, -0.2) is 9.79 Å². The van der Waals surface area contributed by atoms with E-state index in [4.69, 9.17) is 0 Å². The molecule has 1 aliphatic rings. The summed E-state index contributed by atoms with van der Waals surface area (Å²) < 4.78 is 0.926. The van der Waals surface area contributed by atoms with Crippen molar-refractivity contribution in [2.75, 3.05) is 7.05 Å². The van der Waals surface area contributed by atoms with Crippen LogP contribution in [0.15, 0.2) is 62.9 Å². The molecule has 25 heavy (non-hydrogen) atoms. The first-order valence-corrected chi connectivity index (χ1v) is 8.91. The van der Waals surface area contributed by atoms with Gasteiger partial charge in [0.1, 0.15) is 0 Å². The number of para-hydroxylation sites is 1. The number of carbonyl (C=O) groups excluding carboxylic acids is 1. The van der Waals surface area contributed by atoms with Gasteiger partial charge in [0.15, 0.2) is 5.17 Å². The number of hydrogen-bond donors (Lipinski definition) is 1. The number of aromatic carboxylic acids is 1. The van der Waals surface area contributed by atoms with Gasteiger partial charge < -0.3 is 5.11 Å². The number of amidine groups is 1. The summed E-state index contributed by atoms with van der Waals surface area (Å²) in [5.41, 5.74) is 1.31. The maximum atomic E-state index is 12.4. The van der Waals surface area contributed by atoms with E-state index in [2.05, 4.69) is 20.9 Å². The number of rotatable bonds is 3. The average Bonchev–Trinajstić information content (AvgIpc) is 2.83. The molecule has 1 aliphatic heterocycles. The van der Waals surface area contributed by atoms with Gasteiger partial charge in [-0.3, -0.25) is 9.69 Å². The summed E-state index contributed by atoms with van der Waals surface area (Å²) in [4.78, 5) is 30.1. The van der Waals surface area contributed by atoms with Crippen LogP contribution in [0.4, 0.5) is 5.69 Å². The van der Waals surface area contributed by atoms with Gasteiger partial charge in [0.25, 0.3) is 5.91 Å². The van der Waals surface area contributed by atoms with E-state index in [1.807, 2.05) is 24.3 Å². The third-order valence-corrected chi connectivity index (χ3v) is 5.05. The number of thioether (sulfide) groups is 1. The lowest BCUT2D eigenvalue weighted by molar-refractivity contribution is -0.121. The van der Waals surface area contributed by atoms with Crippen molar-refractivity contribution in [2.24, 2.45) is 4.99 Å². The Kier molecular flexibility index (Phi) is 5.06. The number of halogens is 1. The monoisotopic (exact) mass is 416 g/mol. The Morgan fingerprint density at radius 3 is 2.72 bits per heavy atom. The average molecular weight is 417 g/mol. The normalized spacial score (nSPS) is 17.5. The molecule has 2 aromatic rings. The van der Waals surface area contributed by atoms with Crippen molar-refractivity contribution >= 4 is 56.5 Å². The Balaban J connectivity index is 1.95. The summed E-state index contributed by atoms with van der Waals surface area (Å²) in [5, 5.41) is 9.70. The molecule has 0 radical (unpaired) electrons. The number of aliphatic imine (C=N–C) groups is 1. The van der Waals surface area contributed by atoms with Crippen LogP contribution >= 0.6 is 27.7 Å². The Morgan fingerprint density at radius 1 is 1.24 bits per heavy atom. The molecule has 1 heterocycles. The van der Waals surface area contributed by atoms with Gasteiger partial charge in [-0.05, 0) is 47.7 Å². The molecule has 0 saturated carbocycles. The topological polar surface area (TPSA) is 70.0 Å². The van der Waals surface area contributed by atoms with Gasteiger partial charge in [0.05, 0.1) is 16.2 Å². The molecule has 5 nitrogen and oxygen atoms in total. The zero-order valence-electron chi connectivity index (χ0n) is 13.1. The highest BCUT2D eigenvalue weighted by atomic mass is 79.9. The maximum Gasteiger partial charge on any atom is 0.337 e. The number of carbonyl (C=O) groups is 2. The third kappa shape index (κ3) is 3.83. The van der Waals surface area contributed by atoms with E-state index < -0.39 is 5.97 Å². The molecule has 1 fully saturated rings. The van der Waals surface area contributed by atoms with Gasteiger partial charge in [-0.15, -0.1) is 0 Å². The van der Waals surface area contributed by atoms with Crippen LogP contribution in [0.25, 0.3) is 6.08 Å². The van der Waals surface area contributed by atoms with Crippen LogP contribution in [0, 0.1) is 0 Å². The van der Waals surface area contributed by atoms with Crippen LogP contribution in [0.2, 0.25) is 0 Å². The molecule has 1 amide bonds. The number of nitrogens with zero attached hydrogens (tertiary/aromatic N) is 2. The summed E-state index contributed by atoms with van der Waals surface area (Å²) >= 11 is 4.63. The van der Waals surface area contributed by atoms with E-state index in [1.165, 1.54) is 22.7 Å². The number of carboxylic acid groups (broad SMARTS) is 1. The quantitative estimate of drug-likeness (QED) is 0.753. The van der Waals surface area contributed by atoms with E-state index in [-0.39, 0.29) is 11.5 Å². The third-order valence-electron chi connectivity index (χ3n) is 3.50. The van der Waals surface area contributed by atoms with Gasteiger partial charge in [-0.2, -0.15) is 0 Å². The van der Waals surface area contributed by atoms with Crippen LogP contribution in [-0.4, -0.2) is 34.1 Å². The molecule has 1 N–H and O–H groups in total. The molecule has 0 unspecified atom stereocenters. The molecule has 0 atom stereocenters. The van der Waals surface area contributed by atoms with Gasteiger partial charge >= 0.3 is 5.97 Å². The second-order valence-corrected chi connectivity index (χ2v) is 7.17. The van der Waals surface area contributed by atoms with Gasteiger partial charge in [0, 0.05) is 11.5 Å². The molecular weight excluding hydrogens is 404 g/mol. The number of benzene rings is 2. The van der Waals surface area contributed by atoms with Crippen molar-refractivity contribution in [2.45, 2.75) is 0 Å². The van der Waals surface area contributed by atoms with Crippen molar-refractivity contribution < 1.29 is 14.7 Å². The Morgan fingerprint density at radius 2 is 2.00 bits per heavy atom. The van der Waals surface area contributed by atoms with Crippen molar-refractivity contribution in [1.29, 1.82) is 0 Å². The Labute approximate surface area is 157 Å². The van der Waals surface area contributed by atoms with Crippen LogP contribution in [0.1, 0.15) is 15.9 Å². The van der Waals surface area contributed by atoms with Crippen LogP contribution in [-0.2, 0) is 4.79 Å². The zero-order chi connectivity index (χ0) is 18.0. The second kappa shape index (κ2) is 7.25. The molecule has 126 valence electrons. The molecular formula is C18H13BrN2O3S. The Hall–Kier alpha value is -2.38. The van der Waals surface area contributed by atoms with E-state index in [1.54, 1.807) is 31.3 Å². The number of likely N-dealkylation sites (N-methyl/N-ethyl adjacent to an activating group) is 1. The molecule has 0 spiro atoms. The van der Waals surface area contributed by atoms with Crippen molar-refractivity contribution in [1.82, 2.24) is 4.90 Å². The second-order valence-electron chi connectivity index (χ2n) is 5.25. The molecule has 0 bridgehead atoms. The SMILES string of the molecule is CN1C(=O)/C(=C/c2cccc(Br)c2)SC1=Nc1ccccc1C(=O)O. The first-order valence-electron chi connectivity index (χ1n) is 7.30.